The Kier molecular flexibility index (Phi) is 4.76. The van der Waals surface area contributed by atoms with Gasteiger partial charge in [-0.15, -0.1) is 0 Å². The lowest BCUT2D eigenvalue weighted by Gasteiger charge is -2.11. The summed E-state index contributed by atoms with van der Waals surface area (Å²) in [6.07, 6.45) is 0. The zero-order valence-corrected chi connectivity index (χ0v) is 14.9. The number of nitrogens with zero attached hydrogens (tertiary/aromatic N) is 2. The summed E-state index contributed by atoms with van der Waals surface area (Å²) in [6.45, 7) is 3.91. The number of benzene rings is 2. The van der Waals surface area contributed by atoms with Crippen LogP contribution in [0.15, 0.2) is 53.0 Å². The van der Waals surface area contributed by atoms with E-state index in [2.05, 4.69) is 36.5 Å². The Hall–Kier alpha value is -2.47. The first-order valence-corrected chi connectivity index (χ1v) is 8.20. The van der Waals surface area contributed by atoms with Gasteiger partial charge in [0.25, 0.3) is 0 Å². The van der Waals surface area contributed by atoms with Crippen molar-refractivity contribution >= 4 is 39.1 Å². The minimum Gasteiger partial charge on any atom is -0.340 e. The second kappa shape index (κ2) is 6.97. The average Bonchev–Trinajstić information content (AvgIpc) is 2.49. The molecule has 0 spiro atoms. The molecule has 0 unspecified atom stereocenters. The van der Waals surface area contributed by atoms with Crippen LogP contribution in [0.1, 0.15) is 11.3 Å². The van der Waals surface area contributed by atoms with Crippen LogP contribution >= 0.6 is 15.9 Å². The van der Waals surface area contributed by atoms with E-state index < -0.39 is 0 Å². The third-order valence-electron chi connectivity index (χ3n) is 3.32. The van der Waals surface area contributed by atoms with E-state index in [9.17, 15) is 4.39 Å². The quantitative estimate of drug-likeness (QED) is 0.622. The third-order valence-corrected chi connectivity index (χ3v) is 3.98. The van der Waals surface area contributed by atoms with E-state index in [1.165, 1.54) is 12.1 Å². The van der Waals surface area contributed by atoms with Crippen LogP contribution in [0.2, 0.25) is 0 Å². The average molecular weight is 387 g/mol. The highest BCUT2D eigenvalue weighted by Crippen LogP contribution is 2.26. The summed E-state index contributed by atoms with van der Waals surface area (Å²) in [5.74, 6) is 0.769. The highest BCUT2D eigenvalue weighted by atomic mass is 79.9. The smallest absolute Gasteiger partial charge is 0.229 e. The molecule has 0 saturated heterocycles. The predicted octanol–water partition coefficient (Wildman–Crippen LogP) is 5.48. The van der Waals surface area contributed by atoms with Crippen LogP contribution in [-0.2, 0) is 0 Å². The summed E-state index contributed by atoms with van der Waals surface area (Å²) in [7, 11) is 0. The van der Waals surface area contributed by atoms with Crippen molar-refractivity contribution in [1.29, 1.82) is 0 Å². The Morgan fingerprint density at radius 1 is 0.958 bits per heavy atom. The molecule has 0 bridgehead atoms. The van der Waals surface area contributed by atoms with Gasteiger partial charge in [-0.25, -0.2) is 9.37 Å². The van der Waals surface area contributed by atoms with Gasteiger partial charge >= 0.3 is 0 Å². The maximum absolute atomic E-state index is 13.3. The third kappa shape index (κ3) is 4.08. The highest BCUT2D eigenvalue weighted by Gasteiger charge is 2.06. The van der Waals surface area contributed by atoms with E-state index in [1.54, 1.807) is 18.2 Å². The number of anilines is 4. The highest BCUT2D eigenvalue weighted by molar-refractivity contribution is 9.10. The lowest BCUT2D eigenvalue weighted by Crippen LogP contribution is -2.03. The molecule has 0 aliphatic carbocycles. The zero-order chi connectivity index (χ0) is 17.1. The van der Waals surface area contributed by atoms with Crippen molar-refractivity contribution < 1.29 is 4.39 Å². The van der Waals surface area contributed by atoms with Gasteiger partial charge in [-0.05, 0) is 65.7 Å². The Morgan fingerprint density at radius 2 is 1.79 bits per heavy atom. The topological polar surface area (TPSA) is 49.8 Å². The van der Waals surface area contributed by atoms with Crippen LogP contribution < -0.4 is 10.6 Å². The summed E-state index contributed by atoms with van der Waals surface area (Å²) in [4.78, 5) is 8.84. The molecule has 0 saturated carbocycles. The number of aryl methyl sites for hydroxylation is 2. The molecular weight excluding hydrogens is 371 g/mol. The molecule has 2 aromatic carbocycles. The first-order valence-electron chi connectivity index (χ1n) is 7.41. The van der Waals surface area contributed by atoms with Crippen molar-refractivity contribution in [2.75, 3.05) is 10.6 Å². The first-order chi connectivity index (χ1) is 11.5. The van der Waals surface area contributed by atoms with E-state index in [-0.39, 0.29) is 5.82 Å². The Bertz CT molecular complexity index is 883. The number of halogens is 2. The number of hydrogen-bond donors (Lipinski definition) is 2. The van der Waals surface area contributed by atoms with Crippen molar-refractivity contribution in [1.82, 2.24) is 9.97 Å². The van der Waals surface area contributed by atoms with E-state index in [0.717, 1.165) is 21.4 Å². The maximum atomic E-state index is 13.3. The number of aromatic nitrogens is 2. The van der Waals surface area contributed by atoms with Crippen LogP contribution in [0.5, 0.6) is 0 Å². The lowest BCUT2D eigenvalue weighted by atomic mass is 10.2. The van der Waals surface area contributed by atoms with E-state index >= 15 is 0 Å². The van der Waals surface area contributed by atoms with Gasteiger partial charge in [-0.1, -0.05) is 12.1 Å². The van der Waals surface area contributed by atoms with Gasteiger partial charge in [0, 0.05) is 21.9 Å². The van der Waals surface area contributed by atoms with Crippen molar-refractivity contribution in [3.8, 4) is 0 Å². The predicted molar refractivity (Wildman–Crippen MR) is 98.6 cm³/mol. The molecule has 4 nitrogen and oxygen atoms in total. The number of hydrogen-bond acceptors (Lipinski definition) is 4. The molecule has 0 aliphatic rings. The number of nitrogens with one attached hydrogen (secondary N) is 2. The van der Waals surface area contributed by atoms with Gasteiger partial charge in [0.05, 0.1) is 5.69 Å². The first kappa shape index (κ1) is 16.4. The molecule has 0 amide bonds. The molecule has 0 aliphatic heterocycles. The molecule has 0 atom stereocenters. The minimum atomic E-state index is -0.298. The van der Waals surface area contributed by atoms with Crippen LogP contribution in [-0.4, -0.2) is 9.97 Å². The molecule has 1 aromatic heterocycles. The van der Waals surface area contributed by atoms with Gasteiger partial charge < -0.3 is 10.6 Å². The molecule has 1 heterocycles. The molecule has 6 heteroatoms. The zero-order valence-electron chi connectivity index (χ0n) is 13.3. The van der Waals surface area contributed by atoms with Crippen LogP contribution in [0.3, 0.4) is 0 Å². The van der Waals surface area contributed by atoms with E-state index in [0.29, 0.717) is 17.5 Å². The standard InChI is InChI=1S/C18H16BrFN4/c1-11-6-7-16(15(19)8-11)23-18-21-12(2)9-17(24-18)22-14-5-3-4-13(20)10-14/h3-10H,1-2H3,(H2,21,22,23,24). The molecule has 0 fully saturated rings. The van der Waals surface area contributed by atoms with Crippen molar-refractivity contribution in [2.24, 2.45) is 0 Å². The molecule has 2 N–H and O–H groups in total. The van der Waals surface area contributed by atoms with Crippen molar-refractivity contribution in [2.45, 2.75) is 13.8 Å². The molecular formula is C18H16BrFN4. The van der Waals surface area contributed by atoms with Crippen molar-refractivity contribution in [3.05, 3.63) is 70.1 Å². The summed E-state index contributed by atoms with van der Waals surface area (Å²) in [5.41, 5.74) is 3.47. The fourth-order valence-electron chi connectivity index (χ4n) is 2.24. The molecule has 24 heavy (non-hydrogen) atoms. The molecule has 3 aromatic rings. The van der Waals surface area contributed by atoms with Gasteiger partial charge in [0.15, 0.2) is 0 Å². The van der Waals surface area contributed by atoms with Crippen LogP contribution in [0.25, 0.3) is 0 Å². The second-order valence-electron chi connectivity index (χ2n) is 5.46. The summed E-state index contributed by atoms with van der Waals surface area (Å²) in [5, 5.41) is 6.29. The summed E-state index contributed by atoms with van der Waals surface area (Å²) < 4.78 is 14.2. The van der Waals surface area contributed by atoms with Gasteiger partial charge in [-0.3, -0.25) is 0 Å². The van der Waals surface area contributed by atoms with E-state index in [1.807, 2.05) is 32.0 Å². The summed E-state index contributed by atoms with van der Waals surface area (Å²) in [6, 6.07) is 14.0. The van der Waals surface area contributed by atoms with Crippen LogP contribution in [0, 0.1) is 19.7 Å². The lowest BCUT2D eigenvalue weighted by molar-refractivity contribution is 0.628. The molecule has 122 valence electrons. The largest absolute Gasteiger partial charge is 0.340 e. The van der Waals surface area contributed by atoms with Gasteiger partial charge in [0.2, 0.25) is 5.95 Å². The normalized spacial score (nSPS) is 10.5. The Morgan fingerprint density at radius 3 is 2.54 bits per heavy atom. The van der Waals surface area contributed by atoms with Gasteiger partial charge in [-0.2, -0.15) is 4.98 Å². The SMILES string of the molecule is Cc1ccc(Nc2nc(C)cc(Nc3cccc(F)c3)n2)c(Br)c1. The Labute approximate surface area is 148 Å². The second-order valence-corrected chi connectivity index (χ2v) is 6.32. The summed E-state index contributed by atoms with van der Waals surface area (Å²) >= 11 is 3.53. The Balaban J connectivity index is 1.86. The van der Waals surface area contributed by atoms with Crippen molar-refractivity contribution in [3.63, 3.8) is 0 Å². The number of rotatable bonds is 4. The van der Waals surface area contributed by atoms with Crippen LogP contribution in [0.4, 0.5) is 27.5 Å². The fourth-order valence-corrected chi connectivity index (χ4v) is 2.84. The fraction of sp³-hybridized carbons (Fsp3) is 0.111. The van der Waals surface area contributed by atoms with E-state index in [4.69, 9.17) is 0 Å². The monoisotopic (exact) mass is 386 g/mol. The molecule has 3 rings (SSSR count). The molecule has 0 radical (unpaired) electrons. The maximum Gasteiger partial charge on any atom is 0.229 e. The minimum absolute atomic E-state index is 0.298. The van der Waals surface area contributed by atoms with Gasteiger partial charge in [0.1, 0.15) is 11.6 Å².